The predicted molar refractivity (Wildman–Crippen MR) is 67.8 cm³/mol. The molecule has 0 bridgehead atoms. The van der Waals surface area contributed by atoms with Crippen molar-refractivity contribution < 1.29 is 4.74 Å². The summed E-state index contributed by atoms with van der Waals surface area (Å²) < 4.78 is 5.40. The van der Waals surface area contributed by atoms with E-state index in [-0.39, 0.29) is 5.56 Å². The van der Waals surface area contributed by atoms with Crippen molar-refractivity contribution >= 4 is 11.6 Å². The third-order valence-electron chi connectivity index (χ3n) is 2.46. The first-order chi connectivity index (χ1) is 8.11. The molecule has 1 aromatic heterocycles. The third-order valence-corrected chi connectivity index (χ3v) is 2.76. The van der Waals surface area contributed by atoms with E-state index in [1.807, 2.05) is 19.9 Å². The summed E-state index contributed by atoms with van der Waals surface area (Å²) in [7, 11) is 0. The second kappa shape index (κ2) is 4.67. The molecule has 0 spiro atoms. The molecule has 0 radical (unpaired) electrons. The van der Waals surface area contributed by atoms with Crippen molar-refractivity contribution in [3.05, 3.63) is 39.1 Å². The van der Waals surface area contributed by atoms with Gasteiger partial charge in [0.05, 0.1) is 17.3 Å². The van der Waals surface area contributed by atoms with E-state index >= 15 is 0 Å². The number of ether oxygens (including phenoxy) is 1. The van der Waals surface area contributed by atoms with Gasteiger partial charge in [-0.2, -0.15) is 0 Å². The molecule has 2 rings (SSSR count). The molecule has 0 aliphatic carbocycles. The van der Waals surface area contributed by atoms with E-state index in [1.54, 1.807) is 6.07 Å². The standard InChI is InChI=1S/C12H13ClN2O2/c1-3-17-11-4-7(2)8(5-9(11)13)10-6-12(16)15-14-10/h4-6H,3H2,1-2H3,(H2,14,15,16). The zero-order chi connectivity index (χ0) is 12.4. The molecule has 0 fully saturated rings. The highest BCUT2D eigenvalue weighted by molar-refractivity contribution is 6.32. The first-order valence-corrected chi connectivity index (χ1v) is 5.70. The number of rotatable bonds is 3. The van der Waals surface area contributed by atoms with Crippen LogP contribution in [0.3, 0.4) is 0 Å². The van der Waals surface area contributed by atoms with Crippen molar-refractivity contribution in [2.45, 2.75) is 13.8 Å². The summed E-state index contributed by atoms with van der Waals surface area (Å²) in [6.45, 7) is 4.42. The van der Waals surface area contributed by atoms with E-state index in [1.165, 1.54) is 6.07 Å². The summed E-state index contributed by atoms with van der Waals surface area (Å²) in [5, 5.41) is 5.84. The molecule has 1 heterocycles. The summed E-state index contributed by atoms with van der Waals surface area (Å²) in [5.41, 5.74) is 2.44. The van der Waals surface area contributed by atoms with E-state index in [0.29, 0.717) is 17.4 Å². The van der Waals surface area contributed by atoms with Gasteiger partial charge in [0.1, 0.15) is 5.75 Å². The molecular formula is C12H13ClN2O2. The molecule has 0 saturated heterocycles. The van der Waals surface area contributed by atoms with Crippen LogP contribution in [0.2, 0.25) is 5.02 Å². The SMILES string of the molecule is CCOc1cc(C)c(-c2cc(=O)[nH][nH]2)cc1Cl. The van der Waals surface area contributed by atoms with Crippen LogP contribution in [-0.4, -0.2) is 16.8 Å². The number of hydrogen-bond acceptors (Lipinski definition) is 2. The number of benzene rings is 1. The lowest BCUT2D eigenvalue weighted by Gasteiger charge is -2.10. The Hall–Kier alpha value is -1.68. The van der Waals surface area contributed by atoms with Crippen molar-refractivity contribution in [3.8, 4) is 17.0 Å². The maximum Gasteiger partial charge on any atom is 0.264 e. The average molecular weight is 253 g/mol. The molecule has 0 atom stereocenters. The van der Waals surface area contributed by atoms with Gasteiger partial charge in [0, 0.05) is 11.6 Å². The maximum atomic E-state index is 11.1. The van der Waals surface area contributed by atoms with Crippen molar-refractivity contribution in [2.24, 2.45) is 0 Å². The van der Waals surface area contributed by atoms with Gasteiger partial charge < -0.3 is 4.74 Å². The first-order valence-electron chi connectivity index (χ1n) is 5.33. The predicted octanol–water partition coefficient (Wildman–Crippen LogP) is 2.73. The van der Waals surface area contributed by atoms with Gasteiger partial charge in [-0.25, -0.2) is 0 Å². The molecule has 90 valence electrons. The van der Waals surface area contributed by atoms with Gasteiger partial charge in [-0.15, -0.1) is 0 Å². The lowest BCUT2D eigenvalue weighted by Crippen LogP contribution is -1.94. The third kappa shape index (κ3) is 2.36. The molecule has 4 nitrogen and oxygen atoms in total. The molecule has 1 aromatic carbocycles. The Labute approximate surface area is 104 Å². The van der Waals surface area contributed by atoms with E-state index in [2.05, 4.69) is 10.2 Å². The molecule has 0 amide bonds. The molecule has 5 heteroatoms. The fourth-order valence-electron chi connectivity index (χ4n) is 1.69. The van der Waals surface area contributed by atoms with Crippen molar-refractivity contribution in [1.82, 2.24) is 10.2 Å². The Balaban J connectivity index is 2.49. The van der Waals surface area contributed by atoms with Crippen LogP contribution in [0.5, 0.6) is 5.75 Å². The molecule has 2 aromatic rings. The van der Waals surface area contributed by atoms with Gasteiger partial charge in [0.15, 0.2) is 0 Å². The van der Waals surface area contributed by atoms with Crippen LogP contribution in [0.1, 0.15) is 12.5 Å². The number of aromatic amines is 2. The Morgan fingerprint density at radius 3 is 2.65 bits per heavy atom. The van der Waals surface area contributed by atoms with E-state index in [9.17, 15) is 4.79 Å². The lowest BCUT2D eigenvalue weighted by molar-refractivity contribution is 0.340. The zero-order valence-electron chi connectivity index (χ0n) is 9.63. The normalized spacial score (nSPS) is 10.5. The second-order valence-corrected chi connectivity index (χ2v) is 4.11. The molecule has 0 aliphatic heterocycles. The van der Waals surface area contributed by atoms with E-state index in [4.69, 9.17) is 16.3 Å². The van der Waals surface area contributed by atoms with Gasteiger partial charge in [0.25, 0.3) is 5.56 Å². The Morgan fingerprint density at radius 1 is 1.29 bits per heavy atom. The molecule has 0 aliphatic rings. The summed E-state index contributed by atoms with van der Waals surface area (Å²) in [4.78, 5) is 11.1. The van der Waals surface area contributed by atoms with Crippen LogP contribution >= 0.6 is 11.6 Å². The zero-order valence-corrected chi connectivity index (χ0v) is 10.4. The number of nitrogens with one attached hydrogen (secondary N) is 2. The minimum atomic E-state index is -0.163. The highest BCUT2D eigenvalue weighted by atomic mass is 35.5. The van der Waals surface area contributed by atoms with Crippen LogP contribution in [0.4, 0.5) is 0 Å². The molecule has 17 heavy (non-hydrogen) atoms. The van der Waals surface area contributed by atoms with Crippen LogP contribution in [-0.2, 0) is 0 Å². The van der Waals surface area contributed by atoms with Crippen molar-refractivity contribution in [1.29, 1.82) is 0 Å². The van der Waals surface area contributed by atoms with Crippen LogP contribution in [0.15, 0.2) is 23.0 Å². The molecular weight excluding hydrogens is 240 g/mol. The number of halogens is 1. The molecule has 0 unspecified atom stereocenters. The molecule has 2 N–H and O–H groups in total. The lowest BCUT2D eigenvalue weighted by atomic mass is 10.1. The quantitative estimate of drug-likeness (QED) is 0.883. The van der Waals surface area contributed by atoms with Gasteiger partial charge in [-0.1, -0.05) is 11.6 Å². The van der Waals surface area contributed by atoms with Crippen LogP contribution in [0.25, 0.3) is 11.3 Å². The Kier molecular flexibility index (Phi) is 3.24. The largest absolute Gasteiger partial charge is 0.492 e. The Bertz CT molecular complexity index is 586. The molecule has 0 saturated carbocycles. The van der Waals surface area contributed by atoms with Crippen LogP contribution < -0.4 is 10.3 Å². The summed E-state index contributed by atoms with van der Waals surface area (Å²) in [6, 6.07) is 5.16. The van der Waals surface area contributed by atoms with Gasteiger partial charge >= 0.3 is 0 Å². The number of hydrogen-bond donors (Lipinski definition) is 2. The summed E-state index contributed by atoms with van der Waals surface area (Å²) >= 11 is 6.11. The van der Waals surface area contributed by atoms with Gasteiger partial charge in [0.2, 0.25) is 0 Å². The number of aryl methyl sites for hydroxylation is 1. The number of aromatic nitrogens is 2. The average Bonchev–Trinajstić information content (AvgIpc) is 2.70. The minimum Gasteiger partial charge on any atom is -0.492 e. The summed E-state index contributed by atoms with van der Waals surface area (Å²) in [6.07, 6.45) is 0. The van der Waals surface area contributed by atoms with Crippen molar-refractivity contribution in [3.63, 3.8) is 0 Å². The minimum absolute atomic E-state index is 0.163. The maximum absolute atomic E-state index is 11.1. The number of H-pyrrole nitrogens is 2. The van der Waals surface area contributed by atoms with E-state index in [0.717, 1.165) is 16.8 Å². The smallest absolute Gasteiger partial charge is 0.264 e. The van der Waals surface area contributed by atoms with E-state index < -0.39 is 0 Å². The Morgan fingerprint density at radius 2 is 2.06 bits per heavy atom. The topological polar surface area (TPSA) is 57.9 Å². The first kappa shape index (κ1) is 11.8. The van der Waals surface area contributed by atoms with Gasteiger partial charge in [-0.05, 0) is 31.5 Å². The van der Waals surface area contributed by atoms with Crippen LogP contribution in [0, 0.1) is 6.92 Å². The highest BCUT2D eigenvalue weighted by Crippen LogP contribution is 2.32. The monoisotopic (exact) mass is 252 g/mol. The second-order valence-electron chi connectivity index (χ2n) is 3.70. The fourth-order valence-corrected chi connectivity index (χ4v) is 1.91. The van der Waals surface area contributed by atoms with Crippen molar-refractivity contribution in [2.75, 3.05) is 6.61 Å². The highest BCUT2D eigenvalue weighted by Gasteiger charge is 2.09. The van der Waals surface area contributed by atoms with Gasteiger partial charge in [-0.3, -0.25) is 15.0 Å². The fraction of sp³-hybridized carbons (Fsp3) is 0.250. The summed E-state index contributed by atoms with van der Waals surface area (Å²) in [5.74, 6) is 0.660.